The summed E-state index contributed by atoms with van der Waals surface area (Å²) in [6, 6.07) is 12.5. The highest BCUT2D eigenvalue weighted by molar-refractivity contribution is 6.32. The monoisotopic (exact) mass is 287 g/mol. The Labute approximate surface area is 119 Å². The zero-order valence-electron chi connectivity index (χ0n) is 10.3. The van der Waals surface area contributed by atoms with Crippen molar-refractivity contribution in [1.29, 1.82) is 0 Å². The topological polar surface area (TPSA) is 72.0 Å². The van der Waals surface area contributed by atoms with Crippen molar-refractivity contribution >= 4 is 11.6 Å². The van der Waals surface area contributed by atoms with Crippen molar-refractivity contribution in [3.05, 3.63) is 65.1 Å². The van der Waals surface area contributed by atoms with Crippen molar-refractivity contribution in [3.8, 4) is 11.5 Å². The van der Waals surface area contributed by atoms with Gasteiger partial charge in [0.2, 0.25) is 5.82 Å². The number of rotatable bonds is 3. The zero-order chi connectivity index (χ0) is 13.9. The van der Waals surface area contributed by atoms with Crippen molar-refractivity contribution in [2.75, 3.05) is 0 Å². The number of hydrogen-bond donors (Lipinski definition) is 1. The third-order valence-electron chi connectivity index (χ3n) is 2.76. The van der Waals surface area contributed by atoms with Crippen molar-refractivity contribution in [2.45, 2.75) is 6.10 Å². The minimum absolute atomic E-state index is 0.105. The van der Waals surface area contributed by atoms with Gasteiger partial charge in [0.15, 0.2) is 6.10 Å². The van der Waals surface area contributed by atoms with Gasteiger partial charge in [-0.1, -0.05) is 47.1 Å². The smallest absolute Gasteiger partial charge is 0.260 e. The molecule has 2 aromatic heterocycles. The summed E-state index contributed by atoms with van der Waals surface area (Å²) in [6.07, 6.45) is 0.616. The Bertz CT molecular complexity index is 715. The molecule has 0 radical (unpaired) electrons. The Balaban J connectivity index is 1.93. The van der Waals surface area contributed by atoms with Gasteiger partial charge in [0.25, 0.3) is 5.89 Å². The first kappa shape index (κ1) is 12.8. The van der Waals surface area contributed by atoms with Crippen LogP contribution in [-0.2, 0) is 0 Å². The molecule has 0 aliphatic rings. The molecule has 1 unspecified atom stereocenters. The fraction of sp³-hybridized carbons (Fsp3) is 0.0714. The predicted molar refractivity (Wildman–Crippen MR) is 73.0 cm³/mol. The molecule has 100 valence electrons. The lowest BCUT2D eigenvalue weighted by molar-refractivity contribution is 0.170. The van der Waals surface area contributed by atoms with E-state index in [0.29, 0.717) is 16.3 Å². The summed E-state index contributed by atoms with van der Waals surface area (Å²) in [7, 11) is 0. The molecule has 0 aliphatic heterocycles. The second kappa shape index (κ2) is 5.40. The zero-order valence-corrected chi connectivity index (χ0v) is 11.0. The lowest BCUT2D eigenvalue weighted by Crippen LogP contribution is -1.99. The SMILES string of the molecule is OC(c1ccccc1)c1nc(-c2ncccc2Cl)no1. The average Bonchev–Trinajstić information content (AvgIpc) is 2.97. The molecule has 0 aliphatic carbocycles. The second-order valence-electron chi connectivity index (χ2n) is 4.10. The van der Waals surface area contributed by atoms with Gasteiger partial charge in [-0.2, -0.15) is 4.98 Å². The van der Waals surface area contributed by atoms with Gasteiger partial charge in [-0.05, 0) is 17.7 Å². The van der Waals surface area contributed by atoms with Gasteiger partial charge in [-0.3, -0.25) is 4.98 Å². The first-order valence-electron chi connectivity index (χ1n) is 5.93. The second-order valence-corrected chi connectivity index (χ2v) is 4.51. The van der Waals surface area contributed by atoms with Crippen LogP contribution in [0.1, 0.15) is 17.6 Å². The molecule has 0 amide bonds. The van der Waals surface area contributed by atoms with E-state index in [2.05, 4.69) is 15.1 Å². The molecule has 2 heterocycles. The average molecular weight is 288 g/mol. The number of nitrogens with zero attached hydrogens (tertiary/aromatic N) is 3. The van der Waals surface area contributed by atoms with Crippen LogP contribution in [0.15, 0.2) is 53.2 Å². The van der Waals surface area contributed by atoms with Gasteiger partial charge in [0, 0.05) is 6.20 Å². The summed E-state index contributed by atoms with van der Waals surface area (Å²) in [5, 5.41) is 14.4. The highest BCUT2D eigenvalue weighted by Gasteiger charge is 2.20. The van der Waals surface area contributed by atoms with E-state index in [1.54, 1.807) is 30.5 Å². The Morgan fingerprint density at radius 1 is 1.10 bits per heavy atom. The molecule has 3 aromatic rings. The van der Waals surface area contributed by atoms with E-state index < -0.39 is 6.10 Å². The minimum Gasteiger partial charge on any atom is -0.378 e. The molecular weight excluding hydrogens is 278 g/mol. The summed E-state index contributed by atoms with van der Waals surface area (Å²) < 4.78 is 5.08. The number of aromatic nitrogens is 3. The van der Waals surface area contributed by atoms with Crippen LogP contribution in [0.5, 0.6) is 0 Å². The van der Waals surface area contributed by atoms with Crippen molar-refractivity contribution < 1.29 is 9.63 Å². The van der Waals surface area contributed by atoms with Crippen molar-refractivity contribution in [1.82, 2.24) is 15.1 Å². The molecule has 3 rings (SSSR count). The minimum atomic E-state index is -0.972. The number of halogens is 1. The standard InChI is InChI=1S/C14H10ClN3O2/c15-10-7-4-8-16-11(10)13-17-14(20-18-13)12(19)9-5-2-1-3-6-9/h1-8,12,19H. The number of aliphatic hydroxyl groups excluding tert-OH is 1. The van der Waals surface area contributed by atoms with E-state index in [0.717, 1.165) is 0 Å². The molecule has 0 saturated heterocycles. The van der Waals surface area contributed by atoms with E-state index in [4.69, 9.17) is 16.1 Å². The summed E-state index contributed by atoms with van der Waals surface area (Å²) >= 11 is 6.02. The molecular formula is C14H10ClN3O2. The lowest BCUT2D eigenvalue weighted by Gasteiger charge is -2.04. The fourth-order valence-corrected chi connectivity index (χ4v) is 1.98. The van der Waals surface area contributed by atoms with Gasteiger partial charge >= 0.3 is 0 Å². The van der Waals surface area contributed by atoms with E-state index in [9.17, 15) is 5.11 Å². The Kier molecular flexibility index (Phi) is 3.45. The highest BCUT2D eigenvalue weighted by atomic mass is 35.5. The van der Waals surface area contributed by atoms with Gasteiger partial charge in [-0.15, -0.1) is 0 Å². The van der Waals surface area contributed by atoms with E-state index in [-0.39, 0.29) is 11.7 Å². The Morgan fingerprint density at radius 3 is 2.65 bits per heavy atom. The molecule has 20 heavy (non-hydrogen) atoms. The number of aliphatic hydroxyl groups is 1. The summed E-state index contributed by atoms with van der Waals surface area (Å²) in [5.41, 5.74) is 1.10. The van der Waals surface area contributed by atoms with Crippen LogP contribution in [0.3, 0.4) is 0 Å². The molecule has 1 atom stereocenters. The molecule has 1 aromatic carbocycles. The van der Waals surface area contributed by atoms with Crippen molar-refractivity contribution in [2.24, 2.45) is 0 Å². The number of pyridine rings is 1. The van der Waals surface area contributed by atoms with Crippen LogP contribution < -0.4 is 0 Å². The number of hydrogen-bond acceptors (Lipinski definition) is 5. The van der Waals surface area contributed by atoms with E-state index in [1.807, 2.05) is 18.2 Å². The van der Waals surface area contributed by atoms with E-state index >= 15 is 0 Å². The summed E-state index contributed by atoms with van der Waals surface area (Å²) in [4.78, 5) is 8.24. The third kappa shape index (κ3) is 2.41. The molecule has 1 N–H and O–H groups in total. The molecule has 0 bridgehead atoms. The summed E-state index contributed by atoms with van der Waals surface area (Å²) in [5.74, 6) is 0.355. The van der Waals surface area contributed by atoms with Crippen molar-refractivity contribution in [3.63, 3.8) is 0 Å². The van der Waals surface area contributed by atoms with Gasteiger partial charge in [0.05, 0.1) is 5.02 Å². The highest BCUT2D eigenvalue weighted by Crippen LogP contribution is 2.25. The Morgan fingerprint density at radius 2 is 1.90 bits per heavy atom. The van der Waals surface area contributed by atoms with Gasteiger partial charge < -0.3 is 9.63 Å². The molecule has 0 spiro atoms. The maximum Gasteiger partial charge on any atom is 0.260 e. The molecule has 0 fully saturated rings. The van der Waals surface area contributed by atoms with Gasteiger partial charge in [0.1, 0.15) is 5.69 Å². The lowest BCUT2D eigenvalue weighted by atomic mass is 10.1. The first-order valence-corrected chi connectivity index (χ1v) is 6.31. The Hall–Kier alpha value is -2.24. The van der Waals surface area contributed by atoms with Crippen LogP contribution in [0, 0.1) is 0 Å². The largest absolute Gasteiger partial charge is 0.378 e. The quantitative estimate of drug-likeness (QED) is 0.802. The fourth-order valence-electron chi connectivity index (χ4n) is 1.77. The normalized spacial score (nSPS) is 12.3. The van der Waals surface area contributed by atoms with Crippen LogP contribution >= 0.6 is 11.6 Å². The summed E-state index contributed by atoms with van der Waals surface area (Å²) in [6.45, 7) is 0. The molecule has 6 heteroatoms. The van der Waals surface area contributed by atoms with Crippen LogP contribution in [0.25, 0.3) is 11.5 Å². The first-order chi connectivity index (χ1) is 9.75. The van der Waals surface area contributed by atoms with Gasteiger partial charge in [-0.25, -0.2) is 0 Å². The predicted octanol–water partition coefficient (Wildman–Crippen LogP) is 2.87. The molecule has 5 nitrogen and oxygen atoms in total. The van der Waals surface area contributed by atoms with Crippen LogP contribution in [0.4, 0.5) is 0 Å². The number of benzene rings is 1. The maximum absolute atomic E-state index is 10.2. The van der Waals surface area contributed by atoms with E-state index in [1.165, 1.54) is 0 Å². The van der Waals surface area contributed by atoms with Crippen LogP contribution in [0.2, 0.25) is 5.02 Å². The maximum atomic E-state index is 10.2. The van der Waals surface area contributed by atoms with Crippen LogP contribution in [-0.4, -0.2) is 20.2 Å². The third-order valence-corrected chi connectivity index (χ3v) is 3.07. The molecule has 0 saturated carbocycles.